The van der Waals surface area contributed by atoms with Crippen molar-refractivity contribution in [2.24, 2.45) is 0 Å². The van der Waals surface area contributed by atoms with Gasteiger partial charge in [-0.05, 0) is 47.5 Å². The molecule has 7 heteroatoms. The third kappa shape index (κ3) is 5.28. The summed E-state index contributed by atoms with van der Waals surface area (Å²) in [7, 11) is 0. The van der Waals surface area contributed by atoms with E-state index in [1.165, 1.54) is 30.5 Å². The summed E-state index contributed by atoms with van der Waals surface area (Å²) in [6.45, 7) is 0. The van der Waals surface area contributed by atoms with Crippen molar-refractivity contribution in [3.8, 4) is 28.7 Å². The fraction of sp³-hybridized carbons (Fsp3) is 0. The highest BCUT2D eigenvalue weighted by Crippen LogP contribution is 2.23. The van der Waals surface area contributed by atoms with Gasteiger partial charge in [-0.25, -0.2) is 4.79 Å². The molecule has 0 radical (unpaired) electrons. The lowest BCUT2D eigenvalue weighted by Crippen LogP contribution is -2.04. The van der Waals surface area contributed by atoms with E-state index in [1.807, 2.05) is 24.3 Å². The van der Waals surface area contributed by atoms with E-state index in [0.717, 1.165) is 17.2 Å². The maximum atomic E-state index is 11.8. The fourth-order valence-corrected chi connectivity index (χ4v) is 2.42. The second-order valence-electron chi connectivity index (χ2n) is 5.81. The summed E-state index contributed by atoms with van der Waals surface area (Å²) < 4.78 is 10.4. The molecular weight excluding hydrogens is 372 g/mol. The first-order chi connectivity index (χ1) is 14.0. The van der Waals surface area contributed by atoms with Crippen molar-refractivity contribution in [1.29, 1.82) is 5.26 Å². The molecule has 29 heavy (non-hydrogen) atoms. The third-order valence-corrected chi connectivity index (χ3v) is 3.88. The molecule has 0 unspecified atom stereocenters. The van der Waals surface area contributed by atoms with Crippen molar-refractivity contribution in [1.82, 2.24) is 0 Å². The molecule has 142 valence electrons. The van der Waals surface area contributed by atoms with E-state index < -0.39 is 10.9 Å². The second kappa shape index (κ2) is 8.97. The van der Waals surface area contributed by atoms with Crippen molar-refractivity contribution in [2.75, 3.05) is 0 Å². The van der Waals surface area contributed by atoms with Gasteiger partial charge in [0.25, 0.3) is 5.69 Å². The number of rotatable bonds is 6. The quantitative estimate of drug-likeness (QED) is 0.153. The lowest BCUT2D eigenvalue weighted by molar-refractivity contribution is -0.384. The van der Waals surface area contributed by atoms with Crippen molar-refractivity contribution in [3.63, 3.8) is 0 Å². The van der Waals surface area contributed by atoms with E-state index in [0.29, 0.717) is 11.3 Å². The molecule has 0 heterocycles. The number of carbonyl (C=O) groups is 1. The van der Waals surface area contributed by atoms with E-state index in [1.54, 1.807) is 24.3 Å². The van der Waals surface area contributed by atoms with Gasteiger partial charge < -0.3 is 9.47 Å². The molecule has 3 aromatic rings. The zero-order valence-electron chi connectivity index (χ0n) is 15.0. The van der Waals surface area contributed by atoms with Crippen LogP contribution in [0.15, 0.2) is 85.1 Å². The topological polar surface area (TPSA) is 102 Å². The van der Waals surface area contributed by atoms with Gasteiger partial charge in [0.2, 0.25) is 0 Å². The van der Waals surface area contributed by atoms with E-state index in [9.17, 15) is 14.9 Å². The number of hydrogen-bond acceptors (Lipinski definition) is 6. The van der Waals surface area contributed by atoms with Gasteiger partial charge in [-0.15, -0.1) is 0 Å². The molecule has 0 aliphatic rings. The summed E-state index contributed by atoms with van der Waals surface area (Å²) in [4.78, 5) is 21.8. The molecule has 0 fully saturated rings. The molecule has 0 atom stereocenters. The first kappa shape index (κ1) is 19.3. The summed E-state index contributed by atoms with van der Waals surface area (Å²) >= 11 is 0. The van der Waals surface area contributed by atoms with Crippen LogP contribution in [0.5, 0.6) is 11.5 Å². The molecule has 0 amide bonds. The predicted molar refractivity (Wildman–Crippen MR) is 105 cm³/mol. The molecule has 0 aliphatic carbocycles. The Morgan fingerprint density at radius 2 is 1.45 bits per heavy atom. The van der Waals surface area contributed by atoms with Crippen LogP contribution in [-0.2, 0) is 4.79 Å². The Hall–Kier alpha value is -4.44. The molecular formula is C22H14N2O5. The summed E-state index contributed by atoms with van der Waals surface area (Å²) in [5.74, 6) is 0.0480. The Morgan fingerprint density at radius 3 is 2.00 bits per heavy atom. The Labute approximate surface area is 166 Å². The third-order valence-electron chi connectivity index (χ3n) is 3.88. The molecule has 0 spiro atoms. The van der Waals surface area contributed by atoms with Crippen LogP contribution in [0, 0.1) is 21.4 Å². The zero-order valence-corrected chi connectivity index (χ0v) is 15.0. The van der Waals surface area contributed by atoms with Crippen LogP contribution in [0.3, 0.4) is 0 Å². The van der Waals surface area contributed by atoms with Gasteiger partial charge in [-0.1, -0.05) is 24.3 Å². The maximum Gasteiger partial charge on any atom is 0.339 e. The number of nitriles is 1. The van der Waals surface area contributed by atoms with E-state index >= 15 is 0 Å². The van der Waals surface area contributed by atoms with Crippen molar-refractivity contribution in [2.45, 2.75) is 0 Å². The first-order valence-corrected chi connectivity index (χ1v) is 8.45. The summed E-state index contributed by atoms with van der Waals surface area (Å²) in [5, 5.41) is 19.4. The number of ether oxygens (including phenoxy) is 2. The van der Waals surface area contributed by atoms with Gasteiger partial charge in [-0.3, -0.25) is 10.1 Å². The molecule has 0 saturated heterocycles. The number of nitro groups is 1. The van der Waals surface area contributed by atoms with Gasteiger partial charge in [0.15, 0.2) is 0 Å². The smallest absolute Gasteiger partial charge is 0.339 e. The van der Waals surface area contributed by atoms with Crippen LogP contribution < -0.4 is 9.47 Å². The van der Waals surface area contributed by atoms with Crippen molar-refractivity contribution >= 4 is 11.7 Å². The molecule has 0 aromatic heterocycles. The Kier molecular flexibility index (Phi) is 5.98. The minimum absolute atomic E-state index is 0.0897. The molecule has 3 aromatic carbocycles. The summed E-state index contributed by atoms with van der Waals surface area (Å²) in [6, 6.07) is 21.7. The minimum atomic E-state index is -0.673. The van der Waals surface area contributed by atoms with Gasteiger partial charge in [0.1, 0.15) is 11.5 Å². The predicted octanol–water partition coefficient (Wildman–Crippen LogP) is 4.63. The highest BCUT2D eigenvalue weighted by atomic mass is 16.6. The van der Waals surface area contributed by atoms with Gasteiger partial charge in [0.05, 0.1) is 28.9 Å². The molecule has 0 N–H and O–H groups in total. The van der Waals surface area contributed by atoms with Gasteiger partial charge in [-0.2, -0.15) is 5.26 Å². The normalized spacial score (nSPS) is 10.3. The van der Waals surface area contributed by atoms with Gasteiger partial charge >= 0.3 is 5.97 Å². The SMILES string of the molecule is N#Cc1ccc(-c2ccc(O/C=C/C(=O)Oc3ccc([N+](=O)[O-])cc3)cc2)cc1. The van der Waals surface area contributed by atoms with E-state index in [4.69, 9.17) is 14.7 Å². The number of nitrogens with zero attached hydrogens (tertiary/aromatic N) is 2. The second-order valence-corrected chi connectivity index (χ2v) is 5.81. The average Bonchev–Trinajstić information content (AvgIpc) is 2.75. The van der Waals surface area contributed by atoms with Gasteiger partial charge in [0, 0.05) is 12.1 Å². The molecule has 0 saturated carbocycles. The van der Waals surface area contributed by atoms with Crippen LogP contribution >= 0.6 is 0 Å². The molecule has 7 nitrogen and oxygen atoms in total. The standard InChI is InChI=1S/C22H14N2O5/c23-15-16-1-3-17(4-2-16)18-5-9-20(10-6-18)28-14-13-22(25)29-21-11-7-19(8-12-21)24(26)27/h1-14H/b14-13+. The van der Waals surface area contributed by atoms with Crippen LogP contribution in [0.25, 0.3) is 11.1 Å². The largest absolute Gasteiger partial charge is 0.465 e. The zero-order chi connectivity index (χ0) is 20.6. The monoisotopic (exact) mass is 386 g/mol. The number of benzene rings is 3. The maximum absolute atomic E-state index is 11.8. The first-order valence-electron chi connectivity index (χ1n) is 8.45. The fourth-order valence-electron chi connectivity index (χ4n) is 2.42. The Bertz CT molecular complexity index is 1080. The van der Waals surface area contributed by atoms with Crippen molar-refractivity contribution in [3.05, 3.63) is 101 Å². The van der Waals surface area contributed by atoms with Crippen LogP contribution in [0.1, 0.15) is 5.56 Å². The Morgan fingerprint density at radius 1 is 0.897 bits per heavy atom. The highest BCUT2D eigenvalue weighted by Gasteiger charge is 2.06. The van der Waals surface area contributed by atoms with E-state index in [2.05, 4.69) is 6.07 Å². The van der Waals surface area contributed by atoms with Crippen molar-refractivity contribution < 1.29 is 19.2 Å². The highest BCUT2D eigenvalue weighted by molar-refractivity contribution is 5.83. The molecule has 3 rings (SSSR count). The van der Waals surface area contributed by atoms with Crippen LogP contribution in [-0.4, -0.2) is 10.9 Å². The average molecular weight is 386 g/mol. The number of non-ortho nitro benzene ring substituents is 1. The number of carbonyl (C=O) groups excluding carboxylic acids is 1. The molecule has 0 bridgehead atoms. The number of esters is 1. The minimum Gasteiger partial charge on any atom is -0.465 e. The molecule has 0 aliphatic heterocycles. The summed E-state index contributed by atoms with van der Waals surface area (Å²) in [5.41, 5.74) is 2.44. The lowest BCUT2D eigenvalue weighted by Gasteiger charge is -2.04. The lowest BCUT2D eigenvalue weighted by atomic mass is 10.0. The summed E-state index contributed by atoms with van der Waals surface area (Å²) in [6.07, 6.45) is 2.31. The Balaban J connectivity index is 1.54. The van der Waals surface area contributed by atoms with Crippen LogP contribution in [0.2, 0.25) is 0 Å². The number of hydrogen-bond donors (Lipinski definition) is 0. The van der Waals surface area contributed by atoms with E-state index in [-0.39, 0.29) is 11.4 Å². The number of nitro benzene ring substituents is 1. The van der Waals surface area contributed by atoms with Crippen LogP contribution in [0.4, 0.5) is 5.69 Å².